The first-order valence-electron chi connectivity index (χ1n) is 18.9. The third kappa shape index (κ3) is 8.33. The van der Waals surface area contributed by atoms with Crippen molar-refractivity contribution >= 4 is 45.9 Å². The summed E-state index contributed by atoms with van der Waals surface area (Å²) >= 11 is 0. The lowest BCUT2D eigenvalue weighted by Gasteiger charge is -2.30. The average molecular weight is 738 g/mol. The Morgan fingerprint density at radius 3 is 2.44 bits per heavy atom. The number of rotatable bonds is 6. The molecule has 3 N–H and O–H groups in total. The van der Waals surface area contributed by atoms with E-state index < -0.39 is 47.7 Å². The van der Waals surface area contributed by atoms with Gasteiger partial charge in [-0.05, 0) is 61.9 Å². The molecule has 4 aliphatic heterocycles. The Morgan fingerprint density at radius 2 is 1.73 bits per heavy atom. The van der Waals surface area contributed by atoms with Gasteiger partial charge >= 0.3 is 12.2 Å². The number of hydrogen-bond donors (Lipinski definition) is 3. The van der Waals surface area contributed by atoms with Crippen LogP contribution in [-0.4, -0.2) is 99.9 Å². The Labute approximate surface area is 307 Å². The minimum atomic E-state index is -1.13. The van der Waals surface area contributed by atoms with E-state index >= 15 is 0 Å². The molecule has 5 amide bonds. The van der Waals surface area contributed by atoms with Gasteiger partial charge in [0.25, 0.3) is 5.91 Å². The van der Waals surface area contributed by atoms with Gasteiger partial charge in [0, 0.05) is 43.5 Å². The van der Waals surface area contributed by atoms with Crippen molar-refractivity contribution in [3.63, 3.8) is 0 Å². The summed E-state index contributed by atoms with van der Waals surface area (Å²) in [6.07, 6.45) is 9.22. The van der Waals surface area contributed by atoms with Gasteiger partial charge in [0.2, 0.25) is 11.8 Å². The number of allylic oxidation sites excluding steroid dienone is 1. The van der Waals surface area contributed by atoms with Gasteiger partial charge < -0.3 is 34.5 Å². The highest BCUT2D eigenvalue weighted by Gasteiger charge is 2.61. The summed E-state index contributed by atoms with van der Waals surface area (Å²) in [6, 6.07) is 5.87. The Balaban J connectivity index is 1.11. The molecule has 1 unspecified atom stereocenters. The van der Waals surface area contributed by atoms with E-state index in [0.29, 0.717) is 63.7 Å². The molecule has 4 heterocycles. The molecule has 0 bridgehead atoms. The van der Waals surface area contributed by atoms with Gasteiger partial charge in [0.1, 0.15) is 29.8 Å². The number of benzene rings is 1. The van der Waals surface area contributed by atoms with Crippen LogP contribution in [0.3, 0.4) is 0 Å². The second kappa shape index (κ2) is 16.0. The predicted octanol–water partition coefficient (Wildman–Crippen LogP) is 4.06. The number of nitrogens with zero attached hydrogens (tertiary/aromatic N) is 2. The van der Waals surface area contributed by atoms with Gasteiger partial charge in [-0.2, -0.15) is 0 Å². The molecule has 0 aromatic heterocycles. The number of hydrogen-bond acceptors (Lipinski definition) is 8. The zero-order valence-electron chi connectivity index (χ0n) is 29.9. The standard InChI is InChI=1S/C38H51N5O8S/c1-2-52(30-14-15-30)41-35(46)38-21-27(38)12-6-4-3-5-7-13-31(39-36(47)50-28-16-18-49-19-17-28)34(45)43-24-29(20-32(43)33(44)40-38)51-37(48)42-22-25-10-8-9-11-26(25)23-42/h2,6,8-12,27-32H,3-5,7,13-24H2,1H3,(H,39,47)(H,40,44)(H,41,46)/b12-6-/t27-,29-,31+,32+,38-,52?/m1/s1. The summed E-state index contributed by atoms with van der Waals surface area (Å²) in [5.41, 5.74) is 0.973. The minimum Gasteiger partial charge on any atom is -0.446 e. The van der Waals surface area contributed by atoms with E-state index in [1.807, 2.05) is 42.6 Å². The van der Waals surface area contributed by atoms with E-state index in [9.17, 15) is 24.0 Å². The number of nitrogens with one attached hydrogen (secondary N) is 3. The SMILES string of the molecule is C/C=S(/NC(=O)[C@@]12C[C@H]1/C=C\CCCCC[C@H](NC(=O)OC1CCOCC1)C(=O)N1C[C@H](OC(=O)N3Cc4ccccc4C3)C[C@H]1C(=O)N2)C1CC1. The first-order chi connectivity index (χ1) is 25.2. The van der Waals surface area contributed by atoms with Crippen molar-refractivity contribution < 1.29 is 38.2 Å². The van der Waals surface area contributed by atoms with Crippen LogP contribution >= 0.6 is 10.7 Å². The molecule has 52 heavy (non-hydrogen) atoms. The largest absolute Gasteiger partial charge is 0.446 e. The number of carbonyl (C=O) groups is 5. The van der Waals surface area contributed by atoms with E-state index in [4.69, 9.17) is 14.2 Å². The maximum atomic E-state index is 14.5. The van der Waals surface area contributed by atoms with Crippen LogP contribution in [0.15, 0.2) is 36.4 Å². The lowest BCUT2D eigenvalue weighted by atomic mass is 10.0. The third-order valence-electron chi connectivity index (χ3n) is 11.1. The quantitative estimate of drug-likeness (QED) is 0.292. The molecule has 4 fully saturated rings. The monoisotopic (exact) mass is 737 g/mol. The van der Waals surface area contributed by atoms with E-state index in [1.54, 1.807) is 4.90 Å². The van der Waals surface area contributed by atoms with Gasteiger partial charge in [-0.3, -0.25) is 19.3 Å². The van der Waals surface area contributed by atoms with Gasteiger partial charge in [-0.1, -0.05) is 59.9 Å². The van der Waals surface area contributed by atoms with E-state index in [1.165, 1.54) is 4.90 Å². The van der Waals surface area contributed by atoms with Crippen LogP contribution in [0.25, 0.3) is 0 Å². The Bertz CT molecular complexity index is 1580. The Hall–Kier alpha value is -3.91. The zero-order chi connectivity index (χ0) is 36.2. The second-order valence-corrected chi connectivity index (χ2v) is 16.9. The average Bonchev–Trinajstić information content (AvgIpc) is 4.01. The van der Waals surface area contributed by atoms with E-state index in [-0.39, 0.29) is 41.6 Å². The molecule has 6 aliphatic rings. The highest BCUT2D eigenvalue weighted by molar-refractivity contribution is 8.14. The van der Waals surface area contributed by atoms with Crippen LogP contribution in [0.2, 0.25) is 0 Å². The third-order valence-corrected chi connectivity index (χ3v) is 13.2. The zero-order valence-corrected chi connectivity index (χ0v) is 30.7. The number of ether oxygens (including phenoxy) is 3. The Morgan fingerprint density at radius 1 is 0.981 bits per heavy atom. The normalized spacial score (nSPS) is 30.8. The van der Waals surface area contributed by atoms with Crippen molar-refractivity contribution in [1.82, 2.24) is 25.2 Å². The van der Waals surface area contributed by atoms with Crippen molar-refractivity contribution in [3.8, 4) is 0 Å². The molecule has 2 saturated carbocycles. The highest BCUT2D eigenvalue weighted by atomic mass is 32.2. The number of alkyl carbamates (subject to hydrolysis) is 1. The second-order valence-electron chi connectivity index (χ2n) is 14.9. The molecule has 1 aromatic rings. The van der Waals surface area contributed by atoms with Crippen molar-refractivity contribution in [2.24, 2.45) is 5.92 Å². The molecule has 13 nitrogen and oxygen atoms in total. The van der Waals surface area contributed by atoms with E-state index in [0.717, 1.165) is 43.2 Å². The summed E-state index contributed by atoms with van der Waals surface area (Å²) < 4.78 is 20.3. The molecule has 1 aromatic carbocycles. The van der Waals surface area contributed by atoms with Crippen LogP contribution in [0.4, 0.5) is 9.59 Å². The van der Waals surface area contributed by atoms with Crippen molar-refractivity contribution in [3.05, 3.63) is 47.5 Å². The molecule has 282 valence electrons. The number of carbonyl (C=O) groups excluding carboxylic acids is 5. The molecule has 14 heteroatoms. The summed E-state index contributed by atoms with van der Waals surface area (Å²) in [5.74, 6) is -1.30. The summed E-state index contributed by atoms with van der Waals surface area (Å²) in [6.45, 7) is 3.77. The van der Waals surface area contributed by atoms with Crippen LogP contribution in [0.1, 0.15) is 88.7 Å². The lowest BCUT2D eigenvalue weighted by molar-refractivity contribution is -0.141. The Kier molecular flexibility index (Phi) is 11.2. The predicted molar refractivity (Wildman–Crippen MR) is 195 cm³/mol. The number of fused-ring (bicyclic) bond motifs is 3. The molecule has 0 radical (unpaired) electrons. The maximum absolute atomic E-state index is 14.5. The van der Waals surface area contributed by atoms with Crippen molar-refractivity contribution in [2.75, 3.05) is 19.8 Å². The highest BCUT2D eigenvalue weighted by Crippen LogP contribution is 2.47. The summed E-state index contributed by atoms with van der Waals surface area (Å²) in [5, 5.41) is 8.36. The van der Waals surface area contributed by atoms with Crippen LogP contribution in [0.5, 0.6) is 0 Å². The van der Waals surface area contributed by atoms with Crippen molar-refractivity contribution in [2.45, 2.75) is 126 Å². The molecule has 6 atom stereocenters. The number of amides is 5. The van der Waals surface area contributed by atoms with Gasteiger partial charge in [0.05, 0.1) is 19.8 Å². The fourth-order valence-corrected chi connectivity index (χ4v) is 9.53. The maximum Gasteiger partial charge on any atom is 0.410 e. The smallest absolute Gasteiger partial charge is 0.410 e. The first-order valence-corrected chi connectivity index (χ1v) is 20.3. The van der Waals surface area contributed by atoms with Crippen molar-refractivity contribution in [1.29, 1.82) is 0 Å². The summed E-state index contributed by atoms with van der Waals surface area (Å²) in [4.78, 5) is 72.4. The molecule has 2 saturated heterocycles. The van der Waals surface area contributed by atoms with Gasteiger partial charge in [-0.25, -0.2) is 9.59 Å². The van der Waals surface area contributed by atoms with Crippen LogP contribution in [-0.2, 0) is 41.7 Å². The fourth-order valence-electron chi connectivity index (χ4n) is 7.82. The van der Waals surface area contributed by atoms with E-state index in [2.05, 4.69) is 21.4 Å². The molecule has 7 rings (SSSR count). The molecule has 0 spiro atoms. The molecular formula is C38H51N5O8S. The lowest BCUT2D eigenvalue weighted by Crippen LogP contribution is -2.57. The fraction of sp³-hybridized carbons (Fsp3) is 0.632. The van der Waals surface area contributed by atoms with Crippen LogP contribution in [0, 0.1) is 5.92 Å². The summed E-state index contributed by atoms with van der Waals surface area (Å²) in [7, 11) is -0.384. The van der Waals surface area contributed by atoms with Gasteiger partial charge in [-0.15, -0.1) is 0 Å². The van der Waals surface area contributed by atoms with Gasteiger partial charge in [0.15, 0.2) is 0 Å². The minimum absolute atomic E-state index is 0.0188. The molecule has 2 aliphatic carbocycles. The first kappa shape index (κ1) is 36.4. The topological polar surface area (TPSA) is 156 Å². The molecular weight excluding hydrogens is 687 g/mol. The van der Waals surface area contributed by atoms with Crippen LogP contribution < -0.4 is 15.4 Å².